The monoisotopic (exact) mass is 742 g/mol. The lowest BCUT2D eigenvalue weighted by Gasteiger charge is -2.30. The van der Waals surface area contributed by atoms with Crippen molar-refractivity contribution in [1.29, 1.82) is 0 Å². The van der Waals surface area contributed by atoms with E-state index in [9.17, 15) is 32.4 Å². The van der Waals surface area contributed by atoms with E-state index >= 15 is 0 Å². The third-order valence-corrected chi connectivity index (χ3v) is 11.5. The molecule has 3 heterocycles. The zero-order chi connectivity index (χ0) is 37.3. The lowest BCUT2D eigenvalue weighted by atomic mass is 9.94. The number of hydrogen-bond acceptors (Lipinski definition) is 9. The number of carbonyl (C=O) groups excluding carboxylic acids is 5. The Morgan fingerprint density at radius 1 is 0.981 bits per heavy atom. The molecule has 0 radical (unpaired) electrons. The van der Waals surface area contributed by atoms with E-state index in [4.69, 9.17) is 9.47 Å². The topological polar surface area (TPSA) is 193 Å². The van der Waals surface area contributed by atoms with Crippen molar-refractivity contribution >= 4 is 40.1 Å². The van der Waals surface area contributed by atoms with Gasteiger partial charge in [0.2, 0.25) is 11.8 Å². The standard InChI is InChI=1S/C36H50N6O9S/c1-35(2,3)51-33(46)37-28-17-8-6-4-5-7-14-25-19-36(25,32(45)40-52(48,49)39-26-15-11-16-26)38-30(43)29-18-27(22-42(29)31(28)44)50-34(47)41-20-23-12-9-10-13-24(23)21-41/h7,9-10,12-14,25-29,39H,4-6,8,11,15-22H2,1-3H3,(H,37,46)(H,38,43)(H,40,45)/b14-7-/t25-,27+,28-,29-,36+/m0/s1. The Morgan fingerprint density at radius 3 is 2.35 bits per heavy atom. The Labute approximate surface area is 304 Å². The first-order valence-corrected chi connectivity index (χ1v) is 19.8. The fraction of sp³-hybridized carbons (Fsp3) is 0.639. The molecule has 1 aromatic carbocycles. The van der Waals surface area contributed by atoms with Crippen LogP contribution in [0.3, 0.4) is 0 Å². The molecule has 1 saturated heterocycles. The molecule has 2 aliphatic carbocycles. The van der Waals surface area contributed by atoms with E-state index in [1.807, 2.05) is 36.4 Å². The number of amides is 5. The molecule has 3 aliphatic heterocycles. The van der Waals surface area contributed by atoms with Gasteiger partial charge in [-0.1, -0.05) is 55.7 Å². The van der Waals surface area contributed by atoms with Crippen LogP contribution < -0.4 is 20.1 Å². The van der Waals surface area contributed by atoms with Crippen molar-refractivity contribution in [3.8, 4) is 0 Å². The third kappa shape index (κ3) is 8.88. The van der Waals surface area contributed by atoms with Crippen molar-refractivity contribution in [3.05, 3.63) is 47.5 Å². The van der Waals surface area contributed by atoms with Gasteiger partial charge in [0.1, 0.15) is 29.3 Å². The molecule has 52 heavy (non-hydrogen) atoms. The number of hydrogen-bond donors (Lipinski definition) is 4. The second-order valence-electron chi connectivity index (χ2n) is 15.6. The summed E-state index contributed by atoms with van der Waals surface area (Å²) in [6.07, 6.45) is 6.90. The quantitative estimate of drug-likeness (QED) is 0.318. The van der Waals surface area contributed by atoms with E-state index in [0.29, 0.717) is 38.8 Å². The summed E-state index contributed by atoms with van der Waals surface area (Å²) in [7, 11) is -4.20. The van der Waals surface area contributed by atoms with Gasteiger partial charge in [0.25, 0.3) is 5.91 Å². The molecule has 1 aromatic rings. The van der Waals surface area contributed by atoms with Crippen LogP contribution in [0, 0.1) is 5.92 Å². The van der Waals surface area contributed by atoms with Crippen LogP contribution in [0.15, 0.2) is 36.4 Å². The number of nitrogens with zero attached hydrogens (tertiary/aromatic N) is 2. The second kappa shape index (κ2) is 15.0. The minimum absolute atomic E-state index is 0.0665. The predicted octanol–water partition coefficient (Wildman–Crippen LogP) is 2.90. The van der Waals surface area contributed by atoms with Crippen LogP contribution in [0.5, 0.6) is 0 Å². The molecule has 5 atom stereocenters. The van der Waals surface area contributed by atoms with Gasteiger partial charge in [-0.25, -0.2) is 14.3 Å². The van der Waals surface area contributed by atoms with Crippen LogP contribution in [0.4, 0.5) is 9.59 Å². The molecule has 5 amide bonds. The van der Waals surface area contributed by atoms with Crippen molar-refractivity contribution in [2.45, 2.75) is 133 Å². The van der Waals surface area contributed by atoms with Gasteiger partial charge in [-0.05, 0) is 70.4 Å². The predicted molar refractivity (Wildman–Crippen MR) is 188 cm³/mol. The number of rotatable bonds is 6. The molecule has 0 bridgehead atoms. The summed E-state index contributed by atoms with van der Waals surface area (Å²) in [4.78, 5) is 71.4. The van der Waals surface area contributed by atoms with Gasteiger partial charge in [-0.15, -0.1) is 0 Å². The average Bonchev–Trinajstić information content (AvgIpc) is 3.35. The highest BCUT2D eigenvalue weighted by Gasteiger charge is 2.62. The van der Waals surface area contributed by atoms with E-state index in [-0.39, 0.29) is 31.8 Å². The molecular formula is C36H50N6O9S. The van der Waals surface area contributed by atoms with Crippen LogP contribution in [-0.2, 0) is 47.2 Å². The highest BCUT2D eigenvalue weighted by Crippen LogP contribution is 2.46. The van der Waals surface area contributed by atoms with Gasteiger partial charge in [-0.3, -0.25) is 19.3 Å². The molecule has 5 aliphatic rings. The zero-order valence-electron chi connectivity index (χ0n) is 30.0. The van der Waals surface area contributed by atoms with E-state index in [1.54, 1.807) is 25.7 Å². The summed E-state index contributed by atoms with van der Waals surface area (Å²) in [6.45, 7) is 5.73. The molecule has 4 N–H and O–H groups in total. The van der Waals surface area contributed by atoms with E-state index in [0.717, 1.165) is 30.4 Å². The molecular weight excluding hydrogens is 692 g/mol. The molecule has 15 nitrogen and oxygen atoms in total. The Morgan fingerprint density at radius 2 is 1.69 bits per heavy atom. The maximum atomic E-state index is 14.3. The molecule has 16 heteroatoms. The van der Waals surface area contributed by atoms with Crippen molar-refractivity contribution in [2.24, 2.45) is 5.92 Å². The number of nitrogens with one attached hydrogen (secondary N) is 4. The number of ether oxygens (including phenoxy) is 2. The molecule has 6 rings (SSSR count). The highest BCUT2D eigenvalue weighted by atomic mass is 32.2. The minimum Gasteiger partial charge on any atom is -0.444 e. The van der Waals surface area contributed by atoms with Crippen molar-refractivity contribution in [3.63, 3.8) is 0 Å². The van der Waals surface area contributed by atoms with Gasteiger partial charge in [0, 0.05) is 31.5 Å². The first kappa shape index (κ1) is 37.6. The molecule has 0 aromatic heterocycles. The molecule has 0 spiro atoms. The van der Waals surface area contributed by atoms with Gasteiger partial charge in [0.15, 0.2) is 0 Å². The van der Waals surface area contributed by atoms with Crippen molar-refractivity contribution < 1.29 is 41.9 Å². The van der Waals surface area contributed by atoms with Crippen LogP contribution in [0.25, 0.3) is 0 Å². The average molecular weight is 743 g/mol. The second-order valence-corrected chi connectivity index (χ2v) is 17.0. The smallest absolute Gasteiger partial charge is 0.410 e. The largest absolute Gasteiger partial charge is 0.444 e. The number of allylic oxidation sites excluding steroid dienone is 1. The Hall–Kier alpha value is -4.18. The molecule has 284 valence electrons. The van der Waals surface area contributed by atoms with Gasteiger partial charge >= 0.3 is 22.4 Å². The van der Waals surface area contributed by atoms with E-state index in [2.05, 4.69) is 20.1 Å². The van der Waals surface area contributed by atoms with Crippen molar-refractivity contribution in [1.82, 2.24) is 29.9 Å². The summed E-state index contributed by atoms with van der Waals surface area (Å²) >= 11 is 0. The van der Waals surface area contributed by atoms with Crippen LogP contribution >= 0.6 is 0 Å². The number of carbonyl (C=O) groups is 5. The highest BCUT2D eigenvalue weighted by molar-refractivity contribution is 7.88. The maximum absolute atomic E-state index is 14.3. The van der Waals surface area contributed by atoms with Gasteiger partial charge in [-0.2, -0.15) is 13.1 Å². The maximum Gasteiger partial charge on any atom is 0.410 e. The summed E-state index contributed by atoms with van der Waals surface area (Å²) in [5, 5.41) is 5.51. The van der Waals surface area contributed by atoms with E-state index in [1.165, 1.54) is 4.90 Å². The normalized spacial score (nSPS) is 28.8. The first-order chi connectivity index (χ1) is 24.6. The van der Waals surface area contributed by atoms with E-state index < -0.39 is 75.4 Å². The number of fused-ring (bicyclic) bond motifs is 3. The van der Waals surface area contributed by atoms with Crippen molar-refractivity contribution in [2.75, 3.05) is 6.54 Å². The molecule has 2 saturated carbocycles. The summed E-state index contributed by atoms with van der Waals surface area (Å²) in [6, 6.07) is 5.20. The van der Waals surface area contributed by atoms with Gasteiger partial charge in [0.05, 0.1) is 6.54 Å². The fourth-order valence-electron chi connectivity index (χ4n) is 7.28. The number of benzene rings is 1. The van der Waals surface area contributed by atoms with Crippen LogP contribution in [0.2, 0.25) is 0 Å². The lowest BCUT2D eigenvalue weighted by Crippen LogP contribution is -2.59. The van der Waals surface area contributed by atoms with Gasteiger partial charge < -0.3 is 25.0 Å². The third-order valence-electron chi connectivity index (χ3n) is 10.4. The first-order valence-electron chi connectivity index (χ1n) is 18.3. The van der Waals surface area contributed by atoms with Crippen LogP contribution in [0.1, 0.15) is 96.1 Å². The lowest BCUT2D eigenvalue weighted by molar-refractivity contribution is -0.141. The Balaban J connectivity index is 1.24. The Kier molecular flexibility index (Phi) is 10.9. The summed E-state index contributed by atoms with van der Waals surface area (Å²) in [5.74, 6) is -2.59. The molecule has 0 unspecified atom stereocenters. The Bertz CT molecular complexity index is 1680. The summed E-state index contributed by atoms with van der Waals surface area (Å²) in [5.41, 5.74) is -0.377. The zero-order valence-corrected chi connectivity index (χ0v) is 30.8. The number of alkyl carbamates (subject to hydrolysis) is 1. The minimum atomic E-state index is -4.20. The fourth-order valence-corrected chi connectivity index (χ4v) is 8.44. The van der Waals surface area contributed by atoms with Crippen LogP contribution in [-0.4, -0.2) is 90.0 Å². The summed E-state index contributed by atoms with van der Waals surface area (Å²) < 4.78 is 41.7. The molecule has 3 fully saturated rings. The SMILES string of the molecule is CC(C)(C)OC(=O)N[C@H]1CCCCC/C=C\[C@H]2C[C@@]2(C(=O)NS(=O)(=O)NC2CCC2)NC(=O)[C@@H]2C[C@@H](OC(=O)N3Cc4ccccc4C3)CN2C1=O.